The zero-order valence-corrected chi connectivity index (χ0v) is 9.79. The van der Waals surface area contributed by atoms with Crippen LogP contribution in [0, 0.1) is 5.41 Å². The van der Waals surface area contributed by atoms with E-state index in [1.165, 1.54) is 0 Å². The third-order valence-corrected chi connectivity index (χ3v) is 3.50. The summed E-state index contributed by atoms with van der Waals surface area (Å²) in [6.07, 6.45) is 1.63. The Morgan fingerprint density at radius 1 is 1.33 bits per heavy atom. The average Bonchev–Trinajstić information content (AvgIpc) is 2.33. The minimum Gasteiger partial charge on any atom is -0.378 e. The van der Waals surface area contributed by atoms with Crippen LogP contribution in [-0.2, 0) is 9.53 Å². The van der Waals surface area contributed by atoms with Gasteiger partial charge < -0.3 is 15.4 Å². The van der Waals surface area contributed by atoms with Crippen molar-refractivity contribution in [3.05, 3.63) is 0 Å². The number of carbonyl (C=O) groups excluding carboxylic acids is 1. The zero-order chi connectivity index (χ0) is 11.3. The predicted octanol–water partition coefficient (Wildman–Crippen LogP) is 0.610. The van der Waals surface area contributed by atoms with E-state index < -0.39 is 0 Å². The molecule has 1 rings (SSSR count). The summed E-state index contributed by atoms with van der Waals surface area (Å²) in [6.45, 7) is 7.24. The molecule has 0 atom stereocenters. The fourth-order valence-electron chi connectivity index (χ4n) is 2.03. The van der Waals surface area contributed by atoms with E-state index in [-0.39, 0.29) is 11.3 Å². The number of hydrogen-bond acceptors (Lipinski definition) is 3. The van der Waals surface area contributed by atoms with Gasteiger partial charge in [-0.15, -0.1) is 0 Å². The molecule has 0 unspecified atom stereocenters. The Labute approximate surface area is 91.8 Å². The fraction of sp³-hybridized carbons (Fsp3) is 0.909. The Bertz CT molecular complexity index is 200. The van der Waals surface area contributed by atoms with Crippen LogP contribution in [0.3, 0.4) is 0 Å². The van der Waals surface area contributed by atoms with Crippen LogP contribution in [0.25, 0.3) is 0 Å². The van der Waals surface area contributed by atoms with E-state index in [0.29, 0.717) is 32.8 Å². The summed E-state index contributed by atoms with van der Waals surface area (Å²) in [4.78, 5) is 14.2. The summed E-state index contributed by atoms with van der Waals surface area (Å²) in [5.74, 6) is 0.207. The second-order valence-electron chi connectivity index (χ2n) is 4.10. The average molecular weight is 214 g/mol. The molecule has 4 heteroatoms. The summed E-state index contributed by atoms with van der Waals surface area (Å²) in [7, 11) is 0. The molecule has 0 radical (unpaired) electrons. The van der Waals surface area contributed by atoms with E-state index in [4.69, 9.17) is 10.5 Å². The van der Waals surface area contributed by atoms with Gasteiger partial charge in [0.25, 0.3) is 0 Å². The van der Waals surface area contributed by atoms with E-state index in [1.807, 2.05) is 18.7 Å². The molecule has 0 aromatic heterocycles. The van der Waals surface area contributed by atoms with E-state index in [0.717, 1.165) is 12.8 Å². The molecular weight excluding hydrogens is 192 g/mol. The van der Waals surface area contributed by atoms with E-state index >= 15 is 0 Å². The zero-order valence-electron chi connectivity index (χ0n) is 9.79. The van der Waals surface area contributed by atoms with E-state index in [2.05, 4.69) is 0 Å². The molecule has 0 saturated carbocycles. The van der Waals surface area contributed by atoms with Gasteiger partial charge in [0.15, 0.2) is 0 Å². The van der Waals surface area contributed by atoms with Gasteiger partial charge in [0.1, 0.15) is 0 Å². The van der Waals surface area contributed by atoms with Gasteiger partial charge >= 0.3 is 0 Å². The van der Waals surface area contributed by atoms with Crippen molar-refractivity contribution >= 4 is 5.91 Å². The molecule has 1 fully saturated rings. The van der Waals surface area contributed by atoms with Gasteiger partial charge in [-0.05, 0) is 12.8 Å². The second kappa shape index (κ2) is 5.47. The molecule has 15 heavy (non-hydrogen) atoms. The lowest BCUT2D eigenvalue weighted by atomic mass is 9.81. The van der Waals surface area contributed by atoms with E-state index in [1.54, 1.807) is 0 Å². The summed E-state index contributed by atoms with van der Waals surface area (Å²) in [5, 5.41) is 0. The van der Waals surface area contributed by atoms with Crippen molar-refractivity contribution in [1.29, 1.82) is 0 Å². The lowest BCUT2D eigenvalue weighted by molar-refractivity contribution is -0.146. The Morgan fingerprint density at radius 3 is 2.27 bits per heavy atom. The largest absolute Gasteiger partial charge is 0.378 e. The number of ether oxygens (including phenoxy) is 1. The standard InChI is InChI=1S/C11H22N2O2/c1-3-11(4-2,9-12)10(14)13-5-7-15-8-6-13/h3-9,12H2,1-2H3. The molecule has 0 bridgehead atoms. The normalized spacial score (nSPS) is 17.9. The smallest absolute Gasteiger partial charge is 0.230 e. The highest BCUT2D eigenvalue weighted by Gasteiger charge is 2.37. The van der Waals surface area contributed by atoms with Gasteiger partial charge in [0.05, 0.1) is 18.6 Å². The van der Waals surface area contributed by atoms with Crippen molar-refractivity contribution in [3.8, 4) is 0 Å². The number of hydrogen-bond donors (Lipinski definition) is 1. The molecule has 4 nitrogen and oxygen atoms in total. The molecule has 0 aromatic carbocycles. The first-order valence-electron chi connectivity index (χ1n) is 5.77. The highest BCUT2D eigenvalue weighted by atomic mass is 16.5. The highest BCUT2D eigenvalue weighted by molar-refractivity contribution is 5.83. The van der Waals surface area contributed by atoms with Crippen LogP contribution >= 0.6 is 0 Å². The van der Waals surface area contributed by atoms with Crippen LogP contribution in [-0.4, -0.2) is 43.7 Å². The summed E-state index contributed by atoms with van der Waals surface area (Å²) >= 11 is 0. The molecule has 0 aliphatic carbocycles. The molecule has 1 aliphatic rings. The number of morpholine rings is 1. The highest BCUT2D eigenvalue weighted by Crippen LogP contribution is 2.27. The molecule has 1 saturated heterocycles. The van der Waals surface area contributed by atoms with Gasteiger partial charge in [0.2, 0.25) is 5.91 Å². The molecular formula is C11H22N2O2. The Hall–Kier alpha value is -0.610. The summed E-state index contributed by atoms with van der Waals surface area (Å²) in [6, 6.07) is 0. The third kappa shape index (κ3) is 2.49. The molecule has 88 valence electrons. The first kappa shape index (κ1) is 12.5. The van der Waals surface area contributed by atoms with Gasteiger partial charge in [0, 0.05) is 19.6 Å². The Kier molecular flexibility index (Phi) is 4.54. The number of carbonyl (C=O) groups is 1. The monoisotopic (exact) mass is 214 g/mol. The first-order valence-corrected chi connectivity index (χ1v) is 5.77. The number of nitrogens with zero attached hydrogens (tertiary/aromatic N) is 1. The lowest BCUT2D eigenvalue weighted by Crippen LogP contribution is -2.51. The van der Waals surface area contributed by atoms with Gasteiger partial charge in [-0.2, -0.15) is 0 Å². The van der Waals surface area contributed by atoms with Crippen LogP contribution < -0.4 is 5.73 Å². The van der Waals surface area contributed by atoms with Gasteiger partial charge in [-0.3, -0.25) is 4.79 Å². The molecule has 0 aromatic rings. The van der Waals surface area contributed by atoms with Crippen LogP contribution in [0.15, 0.2) is 0 Å². The lowest BCUT2D eigenvalue weighted by Gasteiger charge is -2.37. The number of amides is 1. The van der Waals surface area contributed by atoms with Crippen molar-refractivity contribution in [2.45, 2.75) is 26.7 Å². The Morgan fingerprint density at radius 2 is 1.87 bits per heavy atom. The molecule has 2 N–H and O–H groups in total. The summed E-state index contributed by atoms with van der Waals surface area (Å²) < 4.78 is 5.24. The molecule has 1 amide bonds. The first-order chi connectivity index (χ1) is 7.20. The van der Waals surface area contributed by atoms with Gasteiger partial charge in [-0.1, -0.05) is 13.8 Å². The molecule has 1 aliphatic heterocycles. The van der Waals surface area contributed by atoms with Crippen molar-refractivity contribution in [2.75, 3.05) is 32.8 Å². The minimum atomic E-state index is -0.350. The van der Waals surface area contributed by atoms with E-state index in [9.17, 15) is 4.79 Å². The quantitative estimate of drug-likeness (QED) is 0.746. The second-order valence-corrected chi connectivity index (χ2v) is 4.10. The third-order valence-electron chi connectivity index (χ3n) is 3.50. The Balaban J connectivity index is 2.70. The maximum absolute atomic E-state index is 12.3. The van der Waals surface area contributed by atoms with Gasteiger partial charge in [-0.25, -0.2) is 0 Å². The molecule has 1 heterocycles. The maximum Gasteiger partial charge on any atom is 0.230 e. The fourth-order valence-corrected chi connectivity index (χ4v) is 2.03. The van der Waals surface area contributed by atoms with Crippen LogP contribution in [0.1, 0.15) is 26.7 Å². The number of nitrogens with two attached hydrogens (primary N) is 1. The maximum atomic E-state index is 12.3. The van der Waals surface area contributed by atoms with Crippen LogP contribution in [0.4, 0.5) is 0 Å². The van der Waals surface area contributed by atoms with Crippen LogP contribution in [0.5, 0.6) is 0 Å². The SMILES string of the molecule is CCC(CC)(CN)C(=O)N1CCOCC1. The molecule has 0 spiro atoms. The van der Waals surface area contributed by atoms with Crippen molar-refractivity contribution < 1.29 is 9.53 Å². The van der Waals surface area contributed by atoms with Crippen molar-refractivity contribution in [1.82, 2.24) is 4.90 Å². The van der Waals surface area contributed by atoms with Crippen LogP contribution in [0.2, 0.25) is 0 Å². The summed E-state index contributed by atoms with van der Waals surface area (Å²) in [5.41, 5.74) is 5.41. The number of rotatable bonds is 4. The van der Waals surface area contributed by atoms with Crippen molar-refractivity contribution in [2.24, 2.45) is 11.1 Å². The predicted molar refractivity (Wildman–Crippen MR) is 59.5 cm³/mol. The topological polar surface area (TPSA) is 55.6 Å². The van der Waals surface area contributed by atoms with Crippen molar-refractivity contribution in [3.63, 3.8) is 0 Å². The minimum absolute atomic E-state index is 0.207.